The average Bonchev–Trinajstić information content (AvgIpc) is 2.70. The smallest absolute Gasteiger partial charge is 0.411 e. The number of hydrogen-bond donors (Lipinski definition) is 2. The van der Waals surface area contributed by atoms with Crippen LogP contribution in [0, 0.1) is 37.0 Å². The zero-order chi connectivity index (χ0) is 21.5. The summed E-state index contributed by atoms with van der Waals surface area (Å²) in [7, 11) is 0. The Morgan fingerprint density at radius 1 is 1.10 bits per heavy atom. The van der Waals surface area contributed by atoms with Crippen LogP contribution >= 0.6 is 0 Å². The molecule has 0 unspecified atom stereocenters. The highest BCUT2D eigenvalue weighted by Crippen LogP contribution is 2.22. The van der Waals surface area contributed by atoms with Gasteiger partial charge in [0.2, 0.25) is 0 Å². The van der Waals surface area contributed by atoms with Gasteiger partial charge in [-0.25, -0.2) is 4.79 Å². The first-order valence-corrected chi connectivity index (χ1v) is 9.36. The SMILES string of the molecule is C#CCOCC(COCC#C)(COCCC)COC(=O)Nc1ccc(C)c(N)c1. The van der Waals surface area contributed by atoms with Crippen molar-refractivity contribution in [2.75, 3.05) is 57.3 Å². The summed E-state index contributed by atoms with van der Waals surface area (Å²) in [6.07, 6.45) is 10.8. The van der Waals surface area contributed by atoms with E-state index in [1.54, 1.807) is 12.1 Å². The van der Waals surface area contributed by atoms with Crippen LogP contribution in [0.2, 0.25) is 0 Å². The Morgan fingerprint density at radius 2 is 1.72 bits per heavy atom. The molecule has 1 aromatic rings. The van der Waals surface area contributed by atoms with Gasteiger partial charge in [0, 0.05) is 18.0 Å². The highest BCUT2D eigenvalue weighted by Gasteiger charge is 2.34. The normalized spacial score (nSPS) is 10.8. The average molecular weight is 402 g/mol. The van der Waals surface area contributed by atoms with E-state index < -0.39 is 11.5 Å². The van der Waals surface area contributed by atoms with Crippen molar-refractivity contribution < 1.29 is 23.7 Å². The quantitative estimate of drug-likeness (QED) is 0.299. The highest BCUT2D eigenvalue weighted by atomic mass is 16.6. The van der Waals surface area contributed by atoms with E-state index >= 15 is 0 Å². The molecule has 0 spiro atoms. The lowest BCUT2D eigenvalue weighted by Gasteiger charge is -2.32. The van der Waals surface area contributed by atoms with Crippen molar-refractivity contribution in [1.82, 2.24) is 0 Å². The van der Waals surface area contributed by atoms with Gasteiger partial charge < -0.3 is 24.7 Å². The van der Waals surface area contributed by atoms with Crippen LogP contribution in [0.15, 0.2) is 18.2 Å². The molecule has 0 radical (unpaired) electrons. The van der Waals surface area contributed by atoms with Crippen LogP contribution in [0.5, 0.6) is 0 Å². The van der Waals surface area contributed by atoms with Crippen LogP contribution in [0.1, 0.15) is 18.9 Å². The number of terminal acetylenes is 2. The van der Waals surface area contributed by atoms with Crippen molar-refractivity contribution >= 4 is 17.5 Å². The number of carbonyl (C=O) groups excluding carboxylic acids is 1. The molecular formula is C22H30N2O5. The van der Waals surface area contributed by atoms with E-state index in [-0.39, 0.29) is 39.6 Å². The van der Waals surface area contributed by atoms with Crippen molar-refractivity contribution in [1.29, 1.82) is 0 Å². The number of carbonyl (C=O) groups is 1. The maximum absolute atomic E-state index is 12.3. The lowest BCUT2D eigenvalue weighted by atomic mass is 9.92. The molecule has 29 heavy (non-hydrogen) atoms. The molecule has 0 heterocycles. The molecule has 1 amide bonds. The molecule has 1 rings (SSSR count). The number of nitrogen functional groups attached to an aromatic ring is 1. The molecule has 0 aliphatic heterocycles. The van der Waals surface area contributed by atoms with Gasteiger partial charge in [0.1, 0.15) is 19.8 Å². The predicted octanol–water partition coefficient (Wildman–Crippen LogP) is 2.84. The zero-order valence-electron chi connectivity index (χ0n) is 17.2. The van der Waals surface area contributed by atoms with E-state index in [1.807, 2.05) is 19.9 Å². The van der Waals surface area contributed by atoms with E-state index in [4.69, 9.17) is 37.5 Å². The van der Waals surface area contributed by atoms with Crippen LogP contribution in [-0.2, 0) is 18.9 Å². The molecule has 3 N–H and O–H groups in total. The minimum Gasteiger partial charge on any atom is -0.448 e. The summed E-state index contributed by atoms with van der Waals surface area (Å²) in [5.74, 6) is 4.83. The van der Waals surface area contributed by atoms with Gasteiger partial charge in [-0.3, -0.25) is 5.32 Å². The topological polar surface area (TPSA) is 92.0 Å². The maximum atomic E-state index is 12.3. The molecule has 0 aromatic heterocycles. The molecule has 158 valence electrons. The van der Waals surface area contributed by atoms with Gasteiger partial charge in [-0.2, -0.15) is 0 Å². The Kier molecular flexibility index (Phi) is 11.3. The van der Waals surface area contributed by atoms with E-state index in [9.17, 15) is 4.79 Å². The molecule has 0 bridgehead atoms. The number of nitrogens with two attached hydrogens (primary N) is 1. The first kappa shape index (κ1) is 24.3. The fraction of sp³-hybridized carbons (Fsp3) is 0.500. The van der Waals surface area contributed by atoms with Crippen LogP contribution in [0.25, 0.3) is 0 Å². The second-order valence-corrected chi connectivity index (χ2v) is 6.72. The van der Waals surface area contributed by atoms with E-state index in [0.717, 1.165) is 12.0 Å². The largest absolute Gasteiger partial charge is 0.448 e. The Morgan fingerprint density at radius 3 is 2.28 bits per heavy atom. The second kappa shape index (κ2) is 13.5. The van der Waals surface area contributed by atoms with E-state index in [1.165, 1.54) is 0 Å². The Bertz CT molecular complexity index is 701. The van der Waals surface area contributed by atoms with Gasteiger partial charge >= 0.3 is 6.09 Å². The molecule has 0 aliphatic rings. The van der Waals surface area contributed by atoms with Crippen molar-refractivity contribution in [3.8, 4) is 24.7 Å². The maximum Gasteiger partial charge on any atom is 0.411 e. The number of amides is 1. The predicted molar refractivity (Wildman–Crippen MR) is 113 cm³/mol. The van der Waals surface area contributed by atoms with Crippen molar-refractivity contribution in [3.05, 3.63) is 23.8 Å². The summed E-state index contributed by atoms with van der Waals surface area (Å²) < 4.78 is 22.2. The summed E-state index contributed by atoms with van der Waals surface area (Å²) in [4.78, 5) is 12.3. The fourth-order valence-corrected chi connectivity index (χ4v) is 2.43. The summed E-state index contributed by atoms with van der Waals surface area (Å²) in [5.41, 5.74) is 7.17. The Labute approximate surface area is 173 Å². The minimum absolute atomic E-state index is 0.000958. The molecule has 0 saturated heterocycles. The zero-order valence-corrected chi connectivity index (χ0v) is 17.2. The molecule has 7 nitrogen and oxygen atoms in total. The van der Waals surface area contributed by atoms with Crippen molar-refractivity contribution in [3.63, 3.8) is 0 Å². The minimum atomic E-state index is -0.744. The number of hydrogen-bond acceptors (Lipinski definition) is 6. The molecule has 0 fully saturated rings. The number of anilines is 2. The molecule has 7 heteroatoms. The molecule has 0 aliphatic carbocycles. The summed E-state index contributed by atoms with van der Waals surface area (Å²) in [6.45, 7) is 5.34. The Hall–Kier alpha value is -2.71. The van der Waals surface area contributed by atoms with Gasteiger partial charge in [0.15, 0.2) is 0 Å². The summed E-state index contributed by atoms with van der Waals surface area (Å²) in [6, 6.07) is 5.23. The first-order chi connectivity index (χ1) is 14.0. The molecule has 0 saturated carbocycles. The van der Waals surface area contributed by atoms with E-state index in [0.29, 0.717) is 18.0 Å². The summed E-state index contributed by atoms with van der Waals surface area (Å²) in [5, 5.41) is 2.66. The van der Waals surface area contributed by atoms with Crippen LogP contribution in [-0.4, -0.2) is 52.3 Å². The Balaban J connectivity index is 2.79. The second-order valence-electron chi connectivity index (χ2n) is 6.72. The number of nitrogens with one attached hydrogen (secondary N) is 1. The lowest BCUT2D eigenvalue weighted by molar-refractivity contribution is -0.0852. The van der Waals surface area contributed by atoms with Crippen LogP contribution < -0.4 is 11.1 Å². The third-order valence-corrected chi connectivity index (χ3v) is 3.98. The summed E-state index contributed by atoms with van der Waals surface area (Å²) >= 11 is 0. The molecule has 1 aromatic carbocycles. The van der Waals surface area contributed by atoms with Gasteiger partial charge in [0.25, 0.3) is 0 Å². The number of ether oxygens (including phenoxy) is 4. The third-order valence-electron chi connectivity index (χ3n) is 3.98. The lowest BCUT2D eigenvalue weighted by Crippen LogP contribution is -2.43. The number of aryl methyl sites for hydroxylation is 1. The van der Waals surface area contributed by atoms with Crippen LogP contribution in [0.3, 0.4) is 0 Å². The molecule has 0 atom stereocenters. The van der Waals surface area contributed by atoms with Gasteiger partial charge in [0.05, 0.1) is 25.2 Å². The highest BCUT2D eigenvalue weighted by molar-refractivity contribution is 5.85. The molecular weight excluding hydrogens is 372 g/mol. The van der Waals surface area contributed by atoms with Gasteiger partial charge in [-0.05, 0) is 31.0 Å². The van der Waals surface area contributed by atoms with Crippen molar-refractivity contribution in [2.24, 2.45) is 5.41 Å². The van der Waals surface area contributed by atoms with Gasteiger partial charge in [-0.1, -0.05) is 24.8 Å². The van der Waals surface area contributed by atoms with Crippen LogP contribution in [0.4, 0.5) is 16.2 Å². The number of benzene rings is 1. The standard InChI is InChI=1S/C22H30N2O5/c1-5-10-26-14-22(15-27-11-6-2,16-28-12-7-3)17-29-21(25)24-19-9-8-18(4)20(23)13-19/h1-2,8-9,13H,7,10-12,14-17,23H2,3-4H3,(H,24,25). The first-order valence-electron chi connectivity index (χ1n) is 9.36. The third kappa shape index (κ3) is 9.36. The monoisotopic (exact) mass is 402 g/mol. The fourth-order valence-electron chi connectivity index (χ4n) is 2.43. The number of rotatable bonds is 13. The van der Waals surface area contributed by atoms with Crippen molar-refractivity contribution in [2.45, 2.75) is 20.3 Å². The van der Waals surface area contributed by atoms with E-state index in [2.05, 4.69) is 17.2 Å². The van der Waals surface area contributed by atoms with Gasteiger partial charge in [-0.15, -0.1) is 12.8 Å².